The van der Waals surface area contributed by atoms with E-state index in [1.54, 1.807) is 6.07 Å². The lowest BCUT2D eigenvalue weighted by molar-refractivity contribution is 0.0361. The summed E-state index contributed by atoms with van der Waals surface area (Å²) < 4.78 is 0. The van der Waals surface area contributed by atoms with Gasteiger partial charge in [-0.1, -0.05) is 71.5 Å². The zero-order chi connectivity index (χ0) is 26.8. The van der Waals surface area contributed by atoms with Gasteiger partial charge in [-0.3, -0.25) is 4.90 Å². The molecule has 0 amide bonds. The summed E-state index contributed by atoms with van der Waals surface area (Å²) in [7, 11) is 0. The number of piperazine rings is 1. The largest absolute Gasteiger partial charge is 0.349 e. The number of aliphatic imine (C=N–C) groups is 1. The molecule has 5 nitrogen and oxygen atoms in total. The van der Waals surface area contributed by atoms with Gasteiger partial charge in [0, 0.05) is 36.9 Å². The molecule has 0 N–H and O–H groups in total. The van der Waals surface area contributed by atoms with Crippen LogP contribution in [0.4, 0.5) is 0 Å². The molecule has 36 heavy (non-hydrogen) atoms. The highest BCUT2D eigenvalue weighted by molar-refractivity contribution is 5.99. The zero-order valence-corrected chi connectivity index (χ0v) is 23.7. The van der Waals surface area contributed by atoms with Crippen molar-refractivity contribution in [3.63, 3.8) is 0 Å². The fourth-order valence-corrected chi connectivity index (χ4v) is 4.89. The molecule has 2 unspecified atom stereocenters. The topological polar surface area (TPSA) is 55.5 Å². The average molecular weight is 488 g/mol. The second-order valence-corrected chi connectivity index (χ2v) is 9.39. The van der Waals surface area contributed by atoms with Gasteiger partial charge in [0.25, 0.3) is 0 Å². The summed E-state index contributed by atoms with van der Waals surface area (Å²) in [4.78, 5) is 14.6. The molecule has 2 heterocycles. The molecule has 1 saturated heterocycles. The predicted molar refractivity (Wildman–Crippen MR) is 152 cm³/mol. The van der Waals surface area contributed by atoms with E-state index in [4.69, 9.17) is 4.99 Å². The molecule has 194 valence electrons. The number of nitriles is 1. The van der Waals surface area contributed by atoms with Crippen LogP contribution in [-0.4, -0.2) is 45.8 Å². The molecule has 5 heteroatoms. The number of aryl methyl sites for hydroxylation is 2. The summed E-state index contributed by atoms with van der Waals surface area (Å²) in [6.07, 6.45) is 3.12. The van der Waals surface area contributed by atoms with Crippen molar-refractivity contribution in [3.8, 4) is 6.07 Å². The third kappa shape index (κ3) is 6.83. The van der Waals surface area contributed by atoms with Crippen LogP contribution in [0.3, 0.4) is 0 Å². The first kappa shape index (κ1) is 29.3. The number of hydrogen-bond donors (Lipinski definition) is 0. The number of amidine groups is 1. The normalized spacial score (nSPS) is 19.2. The van der Waals surface area contributed by atoms with Crippen LogP contribution in [0.25, 0.3) is 0 Å². The minimum Gasteiger partial charge on any atom is -0.349 e. The summed E-state index contributed by atoms with van der Waals surface area (Å²) in [5, 5.41) is 9.45. The lowest BCUT2D eigenvalue weighted by Gasteiger charge is -2.49. The molecule has 0 spiro atoms. The number of rotatable bonds is 7. The fraction of sp³-hybridized carbons (Fsp3) is 0.516. The first-order chi connectivity index (χ1) is 17.3. The van der Waals surface area contributed by atoms with Gasteiger partial charge >= 0.3 is 0 Å². The van der Waals surface area contributed by atoms with Crippen molar-refractivity contribution in [2.24, 2.45) is 4.99 Å². The van der Waals surface area contributed by atoms with Gasteiger partial charge in [-0.15, -0.1) is 0 Å². The van der Waals surface area contributed by atoms with Crippen LogP contribution in [-0.2, 0) is 6.42 Å². The highest BCUT2D eigenvalue weighted by Crippen LogP contribution is 2.31. The molecular formula is C31H45N5. The Bertz CT molecular complexity index is 1060. The van der Waals surface area contributed by atoms with Gasteiger partial charge in [0.15, 0.2) is 5.84 Å². The number of pyridine rings is 1. The Balaban J connectivity index is 0.00000222. The van der Waals surface area contributed by atoms with Crippen LogP contribution in [0.5, 0.6) is 0 Å². The predicted octanol–water partition coefficient (Wildman–Crippen LogP) is 7.07. The molecule has 0 radical (unpaired) electrons. The quantitative estimate of drug-likeness (QED) is 0.310. The van der Waals surface area contributed by atoms with Gasteiger partial charge < -0.3 is 4.90 Å². The molecule has 0 aliphatic carbocycles. The van der Waals surface area contributed by atoms with E-state index in [-0.39, 0.29) is 0 Å². The van der Waals surface area contributed by atoms with Crippen LogP contribution in [0.1, 0.15) is 95.4 Å². The van der Waals surface area contributed by atoms with Crippen molar-refractivity contribution in [2.45, 2.75) is 92.8 Å². The third-order valence-electron chi connectivity index (χ3n) is 7.04. The molecule has 1 aromatic heterocycles. The monoisotopic (exact) mass is 487 g/mol. The molecular weight excluding hydrogens is 442 g/mol. The zero-order valence-electron chi connectivity index (χ0n) is 23.7. The number of hydrogen-bond acceptors (Lipinski definition) is 4. The minimum atomic E-state index is 0.296. The van der Waals surface area contributed by atoms with Crippen molar-refractivity contribution in [2.75, 3.05) is 13.1 Å². The SMILES string of the molecule is C=C(C)N=C(c1nc(C#N)ccc1C)N1C[C@@H](CC)N(C(C)c2ccc(CC)cc2)CC1CC.CC. The smallest absolute Gasteiger partial charge is 0.155 e. The maximum absolute atomic E-state index is 9.45. The Hall–Kier alpha value is -2.97. The average Bonchev–Trinajstić information content (AvgIpc) is 2.92. The van der Waals surface area contributed by atoms with Crippen LogP contribution >= 0.6 is 0 Å². The number of allylic oxidation sites excluding steroid dienone is 1. The Morgan fingerprint density at radius 1 is 1.08 bits per heavy atom. The van der Waals surface area contributed by atoms with Gasteiger partial charge in [-0.2, -0.15) is 5.26 Å². The summed E-state index contributed by atoms with van der Waals surface area (Å²) in [6.45, 7) is 22.9. The van der Waals surface area contributed by atoms with Crippen molar-refractivity contribution >= 4 is 5.84 Å². The first-order valence-corrected chi connectivity index (χ1v) is 13.6. The van der Waals surface area contributed by atoms with Crippen LogP contribution in [0.15, 0.2) is 53.7 Å². The second kappa shape index (κ2) is 13.9. The number of benzene rings is 1. The fourth-order valence-electron chi connectivity index (χ4n) is 4.89. The van der Waals surface area contributed by atoms with E-state index in [2.05, 4.69) is 79.4 Å². The maximum atomic E-state index is 9.45. The lowest BCUT2D eigenvalue weighted by Crippen LogP contribution is -2.60. The van der Waals surface area contributed by atoms with Crippen LogP contribution < -0.4 is 0 Å². The third-order valence-corrected chi connectivity index (χ3v) is 7.04. The minimum absolute atomic E-state index is 0.296. The van der Waals surface area contributed by atoms with Crippen molar-refractivity contribution in [3.05, 3.63) is 76.8 Å². The van der Waals surface area contributed by atoms with E-state index in [1.807, 2.05) is 33.8 Å². The second-order valence-electron chi connectivity index (χ2n) is 9.39. The van der Waals surface area contributed by atoms with E-state index >= 15 is 0 Å². The molecule has 3 atom stereocenters. The highest BCUT2D eigenvalue weighted by atomic mass is 15.3. The molecule has 2 aromatic rings. The Kier molecular flexibility index (Phi) is 11.3. The van der Waals surface area contributed by atoms with E-state index in [9.17, 15) is 5.26 Å². The summed E-state index contributed by atoms with van der Waals surface area (Å²) in [6, 6.07) is 16.0. The summed E-state index contributed by atoms with van der Waals surface area (Å²) >= 11 is 0. The Morgan fingerprint density at radius 3 is 2.25 bits per heavy atom. The van der Waals surface area contributed by atoms with Gasteiger partial charge in [0.2, 0.25) is 0 Å². The molecule has 1 aromatic carbocycles. The standard InChI is InChI=1S/C29H39N5.C2H6/c1-8-23-12-14-24(15-13-23)22(7)33-18-27(10-3)34(19-26(33)9-2)29(31-20(4)5)28-21(6)11-16-25(17-30)32-28;1-2/h11-16,22,26-27H,4,8-10,18-19H2,1-3,5-7H3;1-2H3/t22?,26-,27?;/m1./s1. The highest BCUT2D eigenvalue weighted by Gasteiger charge is 2.37. The van der Waals surface area contributed by atoms with Crippen molar-refractivity contribution in [1.29, 1.82) is 5.26 Å². The van der Waals surface area contributed by atoms with E-state index in [0.717, 1.165) is 55.1 Å². The van der Waals surface area contributed by atoms with Crippen molar-refractivity contribution < 1.29 is 0 Å². The maximum Gasteiger partial charge on any atom is 0.155 e. The summed E-state index contributed by atoms with van der Waals surface area (Å²) in [5.74, 6) is 0.840. The van der Waals surface area contributed by atoms with Crippen molar-refractivity contribution in [1.82, 2.24) is 14.8 Å². The van der Waals surface area contributed by atoms with E-state index in [0.29, 0.717) is 23.8 Å². The van der Waals surface area contributed by atoms with Gasteiger partial charge in [0.05, 0.1) is 0 Å². The molecule has 0 bridgehead atoms. The number of aromatic nitrogens is 1. The van der Waals surface area contributed by atoms with E-state index in [1.165, 1.54) is 11.1 Å². The van der Waals surface area contributed by atoms with Crippen LogP contribution in [0.2, 0.25) is 0 Å². The van der Waals surface area contributed by atoms with E-state index < -0.39 is 0 Å². The summed E-state index contributed by atoms with van der Waals surface area (Å²) in [5.41, 5.74) is 5.71. The Morgan fingerprint density at radius 2 is 1.72 bits per heavy atom. The molecule has 1 aliphatic rings. The molecule has 1 fully saturated rings. The van der Waals surface area contributed by atoms with Gasteiger partial charge in [-0.05, 0) is 62.8 Å². The van der Waals surface area contributed by atoms with Crippen LogP contribution in [0, 0.1) is 18.3 Å². The Labute approximate surface area is 219 Å². The van der Waals surface area contributed by atoms with Gasteiger partial charge in [0.1, 0.15) is 17.5 Å². The lowest BCUT2D eigenvalue weighted by atomic mass is 9.96. The molecule has 3 rings (SSSR count). The molecule has 1 aliphatic heterocycles. The first-order valence-electron chi connectivity index (χ1n) is 13.6. The molecule has 0 saturated carbocycles. The van der Waals surface area contributed by atoms with Gasteiger partial charge in [-0.25, -0.2) is 9.98 Å². The number of nitrogens with zero attached hydrogens (tertiary/aromatic N) is 5.